The van der Waals surface area contributed by atoms with Crippen molar-refractivity contribution in [1.82, 2.24) is 10.2 Å². The van der Waals surface area contributed by atoms with E-state index in [4.69, 9.17) is 12.2 Å². The summed E-state index contributed by atoms with van der Waals surface area (Å²) in [6, 6.07) is 0. The summed E-state index contributed by atoms with van der Waals surface area (Å²) in [5.41, 5.74) is 0. The van der Waals surface area contributed by atoms with Gasteiger partial charge in [-0.1, -0.05) is 12.2 Å². The molecule has 2 nitrogen and oxygen atoms in total. The average Bonchev–Trinajstić information content (AvgIpc) is 2.48. The maximum atomic E-state index is 5.27. The Morgan fingerprint density at radius 2 is 2.07 bits per heavy atom. The van der Waals surface area contributed by atoms with Gasteiger partial charge in [0.2, 0.25) is 0 Å². The van der Waals surface area contributed by atoms with Crippen LogP contribution in [0, 0.1) is 5.92 Å². The van der Waals surface area contributed by atoms with Crippen molar-refractivity contribution in [2.45, 2.75) is 30.4 Å². The Morgan fingerprint density at radius 3 is 2.57 bits per heavy atom. The van der Waals surface area contributed by atoms with Crippen molar-refractivity contribution in [3.63, 3.8) is 0 Å². The van der Waals surface area contributed by atoms with Crippen molar-refractivity contribution in [2.75, 3.05) is 20.1 Å². The van der Waals surface area contributed by atoms with Crippen molar-refractivity contribution in [3.8, 4) is 0 Å². The van der Waals surface area contributed by atoms with Crippen LogP contribution in [0.3, 0.4) is 0 Å². The van der Waals surface area contributed by atoms with Gasteiger partial charge < -0.3 is 10.2 Å². The zero-order valence-corrected chi connectivity index (χ0v) is 10.5. The van der Waals surface area contributed by atoms with E-state index in [0.29, 0.717) is 10.6 Å². The second-order valence-electron chi connectivity index (χ2n) is 4.35. The van der Waals surface area contributed by atoms with Gasteiger partial charge in [0.25, 0.3) is 0 Å². The summed E-state index contributed by atoms with van der Waals surface area (Å²) >= 11 is 7.28. The Bertz CT molecular complexity index is 224. The highest BCUT2D eigenvalue weighted by Crippen LogP contribution is 2.33. The van der Waals surface area contributed by atoms with Gasteiger partial charge in [-0.05, 0) is 45.8 Å². The van der Waals surface area contributed by atoms with Crippen LogP contribution < -0.4 is 5.32 Å². The molecule has 2 unspecified atom stereocenters. The zero-order valence-electron chi connectivity index (χ0n) is 8.82. The standard InChI is InChI=1S/C10H18N2S2/c1-7-9(13)11-10(14-7)8-3-5-12(2)6-4-8/h7-8,10H,3-6H2,1-2H3,(H,11,13). The molecule has 0 aliphatic carbocycles. The quantitative estimate of drug-likeness (QED) is 0.690. The van der Waals surface area contributed by atoms with Gasteiger partial charge in [0.05, 0.1) is 15.6 Å². The Labute approximate surface area is 95.8 Å². The van der Waals surface area contributed by atoms with E-state index >= 15 is 0 Å². The Morgan fingerprint density at radius 1 is 1.43 bits per heavy atom. The molecule has 0 amide bonds. The van der Waals surface area contributed by atoms with Crippen molar-refractivity contribution >= 4 is 29.0 Å². The number of likely N-dealkylation sites (tertiary alicyclic amines) is 1. The number of nitrogens with zero attached hydrogens (tertiary/aromatic N) is 1. The van der Waals surface area contributed by atoms with Gasteiger partial charge in [-0.3, -0.25) is 0 Å². The van der Waals surface area contributed by atoms with Gasteiger partial charge in [0, 0.05) is 0 Å². The molecule has 4 heteroatoms. The fourth-order valence-electron chi connectivity index (χ4n) is 2.13. The third-order valence-corrected chi connectivity index (χ3v) is 5.26. The minimum absolute atomic E-state index is 0.523. The topological polar surface area (TPSA) is 15.3 Å². The average molecular weight is 230 g/mol. The first-order chi connectivity index (χ1) is 6.66. The fourth-order valence-corrected chi connectivity index (χ4v) is 3.82. The number of thioether (sulfide) groups is 1. The van der Waals surface area contributed by atoms with Gasteiger partial charge in [0.15, 0.2) is 0 Å². The highest BCUT2D eigenvalue weighted by atomic mass is 32.2. The van der Waals surface area contributed by atoms with Crippen LogP contribution in [0.25, 0.3) is 0 Å². The van der Waals surface area contributed by atoms with Crippen LogP contribution >= 0.6 is 24.0 Å². The summed E-state index contributed by atoms with van der Waals surface area (Å²) in [5.74, 6) is 0.819. The molecular weight excluding hydrogens is 212 g/mol. The number of rotatable bonds is 1. The molecule has 1 N–H and O–H groups in total. The first-order valence-electron chi connectivity index (χ1n) is 5.31. The number of hydrogen-bond donors (Lipinski definition) is 1. The molecule has 2 aliphatic rings. The molecule has 2 heterocycles. The second-order valence-corrected chi connectivity index (χ2v) is 6.28. The summed E-state index contributed by atoms with van der Waals surface area (Å²) < 4.78 is 0. The molecule has 0 aromatic rings. The summed E-state index contributed by atoms with van der Waals surface area (Å²) in [7, 11) is 2.21. The van der Waals surface area contributed by atoms with E-state index < -0.39 is 0 Å². The second kappa shape index (κ2) is 4.37. The highest BCUT2D eigenvalue weighted by molar-refractivity contribution is 8.03. The van der Waals surface area contributed by atoms with Gasteiger partial charge >= 0.3 is 0 Å². The van der Waals surface area contributed by atoms with E-state index in [9.17, 15) is 0 Å². The van der Waals surface area contributed by atoms with Crippen molar-refractivity contribution in [2.24, 2.45) is 5.92 Å². The minimum Gasteiger partial charge on any atom is -0.367 e. The van der Waals surface area contributed by atoms with E-state index in [0.717, 1.165) is 10.9 Å². The maximum absolute atomic E-state index is 5.27. The SMILES string of the molecule is CC1SC(C2CCN(C)CC2)NC1=S. The van der Waals surface area contributed by atoms with Crippen LogP contribution in [0.15, 0.2) is 0 Å². The lowest BCUT2D eigenvalue weighted by Gasteiger charge is -2.32. The smallest absolute Gasteiger partial charge is 0.0892 e. The Kier molecular flexibility index (Phi) is 3.34. The largest absolute Gasteiger partial charge is 0.367 e. The van der Waals surface area contributed by atoms with Gasteiger partial charge in [0.1, 0.15) is 0 Å². The molecule has 14 heavy (non-hydrogen) atoms. The molecule has 0 spiro atoms. The van der Waals surface area contributed by atoms with E-state index in [1.54, 1.807) is 0 Å². The highest BCUT2D eigenvalue weighted by Gasteiger charge is 2.33. The molecule has 2 aliphatic heterocycles. The van der Waals surface area contributed by atoms with Gasteiger partial charge in [-0.2, -0.15) is 0 Å². The van der Waals surface area contributed by atoms with Crippen molar-refractivity contribution in [1.29, 1.82) is 0 Å². The van der Waals surface area contributed by atoms with E-state index in [-0.39, 0.29) is 0 Å². The molecule has 2 rings (SSSR count). The normalized spacial score (nSPS) is 36.0. The summed E-state index contributed by atoms with van der Waals surface area (Å²) in [6.07, 6.45) is 2.63. The fraction of sp³-hybridized carbons (Fsp3) is 0.900. The summed E-state index contributed by atoms with van der Waals surface area (Å²) in [4.78, 5) is 3.47. The molecular formula is C10H18N2S2. The van der Waals surface area contributed by atoms with Gasteiger partial charge in [-0.25, -0.2) is 0 Å². The predicted octanol–water partition coefficient (Wildman–Crippen LogP) is 1.71. The lowest BCUT2D eigenvalue weighted by atomic mass is 9.97. The van der Waals surface area contributed by atoms with Crippen LogP contribution in [-0.4, -0.2) is 40.6 Å². The van der Waals surface area contributed by atoms with Crippen LogP contribution in [0.5, 0.6) is 0 Å². The Balaban J connectivity index is 1.88. The van der Waals surface area contributed by atoms with E-state index in [1.807, 2.05) is 11.8 Å². The molecule has 2 fully saturated rings. The van der Waals surface area contributed by atoms with Gasteiger partial charge in [-0.15, -0.1) is 11.8 Å². The monoisotopic (exact) mass is 230 g/mol. The molecule has 0 aromatic carbocycles. The predicted molar refractivity (Wildman–Crippen MR) is 66.8 cm³/mol. The summed E-state index contributed by atoms with van der Waals surface area (Å²) in [5, 5.41) is 4.58. The third kappa shape index (κ3) is 2.23. The van der Waals surface area contributed by atoms with Crippen LogP contribution in [0.4, 0.5) is 0 Å². The zero-order chi connectivity index (χ0) is 10.1. The number of piperidine rings is 1. The first kappa shape index (κ1) is 10.7. The van der Waals surface area contributed by atoms with Crippen LogP contribution in [0.1, 0.15) is 19.8 Å². The maximum Gasteiger partial charge on any atom is 0.0892 e. The van der Waals surface area contributed by atoms with Crippen molar-refractivity contribution in [3.05, 3.63) is 0 Å². The van der Waals surface area contributed by atoms with Crippen LogP contribution in [0.2, 0.25) is 0 Å². The minimum atomic E-state index is 0.523. The molecule has 0 aromatic heterocycles. The lowest BCUT2D eigenvalue weighted by molar-refractivity contribution is 0.214. The number of hydrogen-bond acceptors (Lipinski definition) is 3. The summed E-state index contributed by atoms with van der Waals surface area (Å²) in [6.45, 7) is 4.68. The lowest BCUT2D eigenvalue weighted by Crippen LogP contribution is -2.39. The molecule has 0 radical (unpaired) electrons. The molecule has 0 bridgehead atoms. The number of thiocarbonyl (C=S) groups is 1. The molecule has 2 atom stereocenters. The van der Waals surface area contributed by atoms with Crippen molar-refractivity contribution < 1.29 is 0 Å². The first-order valence-corrected chi connectivity index (χ1v) is 6.66. The van der Waals surface area contributed by atoms with E-state index in [2.05, 4.69) is 24.2 Å². The van der Waals surface area contributed by atoms with Crippen LogP contribution in [-0.2, 0) is 0 Å². The molecule has 0 saturated carbocycles. The van der Waals surface area contributed by atoms with E-state index in [1.165, 1.54) is 25.9 Å². The molecule has 80 valence electrons. The Hall–Kier alpha value is 0.200. The third-order valence-electron chi connectivity index (χ3n) is 3.20. The molecule has 2 saturated heterocycles. The number of nitrogens with one attached hydrogen (secondary N) is 1.